The molecule has 0 saturated heterocycles. The Morgan fingerprint density at radius 2 is 0.833 bits per heavy atom. The van der Waals surface area contributed by atoms with E-state index in [4.69, 9.17) is 19.4 Å². The van der Waals surface area contributed by atoms with Gasteiger partial charge in [0.2, 0.25) is 0 Å². The molecule has 0 unspecified atom stereocenters. The van der Waals surface area contributed by atoms with Crippen molar-refractivity contribution in [3.8, 4) is 39.9 Å². The predicted molar refractivity (Wildman–Crippen MR) is 248 cm³/mol. The van der Waals surface area contributed by atoms with Gasteiger partial charge in [0.25, 0.3) is 0 Å². The molecule has 13 aromatic rings. The third-order valence-electron chi connectivity index (χ3n) is 12.2. The van der Waals surface area contributed by atoms with Crippen molar-refractivity contribution in [2.45, 2.75) is 0 Å². The van der Waals surface area contributed by atoms with E-state index >= 15 is 0 Å². The Kier molecular flexibility index (Phi) is 6.95. The van der Waals surface area contributed by atoms with Crippen molar-refractivity contribution in [1.29, 1.82) is 0 Å². The first kappa shape index (κ1) is 32.9. The Morgan fingerprint density at radius 3 is 1.55 bits per heavy atom. The average molecular weight is 765 g/mol. The average Bonchev–Trinajstić information content (AvgIpc) is 3.86. The van der Waals surface area contributed by atoms with E-state index in [1.165, 1.54) is 32.6 Å². The van der Waals surface area contributed by atoms with Crippen molar-refractivity contribution in [1.82, 2.24) is 19.5 Å². The maximum absolute atomic E-state index is 6.71. The van der Waals surface area contributed by atoms with Gasteiger partial charge in [0.15, 0.2) is 17.5 Å². The Bertz CT molecular complexity index is 3810. The maximum Gasteiger partial charge on any atom is 0.164 e. The maximum atomic E-state index is 6.71. The Labute approximate surface area is 343 Å². The molecule has 0 aliphatic heterocycles. The second-order valence-electron chi connectivity index (χ2n) is 15.6. The van der Waals surface area contributed by atoms with Gasteiger partial charge in [-0.25, -0.2) is 15.0 Å². The first-order valence-electron chi connectivity index (χ1n) is 20.3. The van der Waals surface area contributed by atoms with Crippen molar-refractivity contribution in [3.63, 3.8) is 0 Å². The summed E-state index contributed by atoms with van der Waals surface area (Å²) in [6, 6.07) is 68.6. The van der Waals surface area contributed by atoms with Crippen LogP contribution >= 0.6 is 0 Å². The summed E-state index contributed by atoms with van der Waals surface area (Å²) < 4.78 is 9.11. The van der Waals surface area contributed by atoms with Crippen molar-refractivity contribution in [2.75, 3.05) is 0 Å². The highest BCUT2D eigenvalue weighted by Gasteiger charge is 2.21. The lowest BCUT2D eigenvalue weighted by atomic mass is 9.99. The number of para-hydroxylation sites is 1. The second-order valence-corrected chi connectivity index (χ2v) is 15.6. The summed E-state index contributed by atoms with van der Waals surface area (Å²) in [4.78, 5) is 15.9. The van der Waals surface area contributed by atoms with Crippen LogP contribution in [0.25, 0.3) is 127 Å². The summed E-state index contributed by atoms with van der Waals surface area (Å²) in [6.07, 6.45) is 0. The fraction of sp³-hybridized carbons (Fsp3) is 0. The van der Waals surface area contributed by atoms with Crippen LogP contribution in [0.1, 0.15) is 0 Å². The molecule has 3 heterocycles. The van der Waals surface area contributed by atoms with Gasteiger partial charge in [-0.05, 0) is 85.6 Å². The number of furan rings is 1. The molecule has 278 valence electrons. The number of fused-ring (bicyclic) bond motifs is 11. The van der Waals surface area contributed by atoms with Crippen LogP contribution < -0.4 is 0 Å². The van der Waals surface area contributed by atoms with Crippen LogP contribution in [-0.4, -0.2) is 19.5 Å². The Hall–Kier alpha value is -8.15. The fourth-order valence-electron chi connectivity index (χ4n) is 9.46. The van der Waals surface area contributed by atoms with Gasteiger partial charge in [-0.3, -0.25) is 0 Å². The highest BCUT2D eigenvalue weighted by atomic mass is 16.3. The Balaban J connectivity index is 1.09. The highest BCUT2D eigenvalue weighted by Crippen LogP contribution is 2.42. The van der Waals surface area contributed by atoms with Crippen molar-refractivity contribution < 1.29 is 4.42 Å². The predicted octanol–water partition coefficient (Wildman–Crippen LogP) is 14.5. The van der Waals surface area contributed by atoms with Gasteiger partial charge in [-0.2, -0.15) is 0 Å². The Morgan fingerprint density at radius 1 is 0.317 bits per heavy atom. The van der Waals surface area contributed by atoms with Crippen LogP contribution in [0.2, 0.25) is 0 Å². The molecule has 5 heteroatoms. The van der Waals surface area contributed by atoms with Crippen molar-refractivity contribution in [2.24, 2.45) is 0 Å². The quantitative estimate of drug-likeness (QED) is 0.179. The minimum Gasteiger partial charge on any atom is -0.456 e. The molecule has 0 saturated carbocycles. The first-order valence-corrected chi connectivity index (χ1v) is 20.3. The molecule has 0 aliphatic carbocycles. The van der Waals surface area contributed by atoms with E-state index in [1.54, 1.807) is 0 Å². The summed E-state index contributed by atoms with van der Waals surface area (Å²) in [6.45, 7) is 0. The number of hydrogen-bond acceptors (Lipinski definition) is 4. The van der Waals surface area contributed by atoms with Crippen LogP contribution in [0, 0.1) is 0 Å². The van der Waals surface area contributed by atoms with Gasteiger partial charge in [0, 0.05) is 43.9 Å². The number of benzene rings is 10. The van der Waals surface area contributed by atoms with E-state index in [0.717, 1.165) is 76.6 Å². The second kappa shape index (κ2) is 12.7. The minimum atomic E-state index is 0.589. The molecule has 0 N–H and O–H groups in total. The molecule has 10 aromatic carbocycles. The molecular weight excluding hydrogens is 733 g/mol. The third-order valence-corrected chi connectivity index (χ3v) is 12.2. The zero-order chi connectivity index (χ0) is 39.3. The SMILES string of the molecule is c1ccc2cc3c(cc2c1)c1ccccc1n3-c1ccc2ccc3oc4cccc(-c5nc(-c6cccc7ccccc67)nc(-c6cccc7ccccc67)n5)c4c3c2c1. The minimum absolute atomic E-state index is 0.589. The first-order chi connectivity index (χ1) is 29.7. The summed E-state index contributed by atoms with van der Waals surface area (Å²) in [5, 5.41) is 13.6. The normalized spacial score (nSPS) is 12.0. The molecule has 60 heavy (non-hydrogen) atoms. The molecule has 0 fully saturated rings. The number of rotatable bonds is 4. The van der Waals surface area contributed by atoms with Gasteiger partial charge in [-0.15, -0.1) is 0 Å². The van der Waals surface area contributed by atoms with Crippen LogP contribution in [-0.2, 0) is 0 Å². The van der Waals surface area contributed by atoms with Crippen LogP contribution in [0.4, 0.5) is 0 Å². The van der Waals surface area contributed by atoms with E-state index in [2.05, 4.69) is 187 Å². The lowest BCUT2D eigenvalue weighted by molar-refractivity contribution is 0.669. The molecule has 0 amide bonds. The summed E-state index contributed by atoms with van der Waals surface area (Å²) in [5.74, 6) is 1.83. The topological polar surface area (TPSA) is 56.7 Å². The van der Waals surface area contributed by atoms with E-state index in [1.807, 2.05) is 12.1 Å². The van der Waals surface area contributed by atoms with Gasteiger partial charge < -0.3 is 8.98 Å². The van der Waals surface area contributed by atoms with Gasteiger partial charge in [0.1, 0.15) is 11.2 Å². The molecule has 0 radical (unpaired) electrons. The highest BCUT2D eigenvalue weighted by molar-refractivity contribution is 6.23. The summed E-state index contributed by atoms with van der Waals surface area (Å²) in [7, 11) is 0. The van der Waals surface area contributed by atoms with E-state index < -0.39 is 0 Å². The van der Waals surface area contributed by atoms with E-state index in [0.29, 0.717) is 17.5 Å². The largest absolute Gasteiger partial charge is 0.456 e. The van der Waals surface area contributed by atoms with Gasteiger partial charge >= 0.3 is 0 Å². The molecule has 0 bridgehead atoms. The fourth-order valence-corrected chi connectivity index (χ4v) is 9.46. The molecule has 0 aliphatic rings. The van der Waals surface area contributed by atoms with E-state index in [-0.39, 0.29) is 0 Å². The van der Waals surface area contributed by atoms with Crippen LogP contribution in [0.15, 0.2) is 199 Å². The molecule has 0 atom stereocenters. The smallest absolute Gasteiger partial charge is 0.164 e. The van der Waals surface area contributed by atoms with Crippen molar-refractivity contribution in [3.05, 3.63) is 194 Å². The number of hydrogen-bond donors (Lipinski definition) is 0. The lowest BCUT2D eigenvalue weighted by Gasteiger charge is -2.12. The molecule has 3 aromatic heterocycles. The lowest BCUT2D eigenvalue weighted by Crippen LogP contribution is -2.01. The number of aromatic nitrogens is 4. The summed E-state index contributed by atoms with van der Waals surface area (Å²) >= 11 is 0. The third kappa shape index (κ3) is 4.90. The molecule has 5 nitrogen and oxygen atoms in total. The molecule has 13 rings (SSSR count). The van der Waals surface area contributed by atoms with Crippen molar-refractivity contribution >= 4 is 86.8 Å². The zero-order valence-electron chi connectivity index (χ0n) is 32.2. The van der Waals surface area contributed by atoms with Gasteiger partial charge in [-0.1, -0.05) is 152 Å². The summed E-state index contributed by atoms with van der Waals surface area (Å²) in [5.41, 5.74) is 7.81. The number of nitrogens with zero attached hydrogens (tertiary/aromatic N) is 4. The standard InChI is InChI=1S/C55H32N4O/c1-2-15-37-31-48-46(30-36(37)14-1)41-20-7-8-24-47(41)59(48)38-28-26-35-27-29-50-52(45(35)32-38)51-44(23-11-25-49(51)60-50)55-57-53(42-21-9-16-33-12-3-5-18-39(33)42)56-54(58-55)43-22-10-17-34-13-4-6-19-40(34)43/h1-32H. The van der Waals surface area contributed by atoms with Gasteiger partial charge in [0.05, 0.1) is 11.0 Å². The zero-order valence-corrected chi connectivity index (χ0v) is 32.2. The van der Waals surface area contributed by atoms with Crippen LogP contribution in [0.3, 0.4) is 0 Å². The molecular formula is C55H32N4O. The monoisotopic (exact) mass is 764 g/mol. The van der Waals surface area contributed by atoms with Crippen LogP contribution in [0.5, 0.6) is 0 Å². The molecule has 0 spiro atoms. The van der Waals surface area contributed by atoms with E-state index in [9.17, 15) is 0 Å².